The lowest BCUT2D eigenvalue weighted by molar-refractivity contribution is -0.173. The van der Waals surface area contributed by atoms with Gasteiger partial charge in [-0.1, -0.05) is 19.1 Å². The third kappa shape index (κ3) is 3.86. The van der Waals surface area contributed by atoms with Crippen molar-refractivity contribution in [3.05, 3.63) is 41.6 Å². The largest absolute Gasteiger partial charge is 0.497 e. The van der Waals surface area contributed by atoms with E-state index in [9.17, 15) is 18.0 Å². The van der Waals surface area contributed by atoms with E-state index in [0.29, 0.717) is 17.9 Å². The topological polar surface area (TPSA) is 68.2 Å². The molecule has 27 heavy (non-hydrogen) atoms. The molecule has 1 amide bonds. The van der Waals surface area contributed by atoms with Crippen LogP contribution in [0.1, 0.15) is 47.8 Å². The third-order valence-electron chi connectivity index (χ3n) is 4.51. The van der Waals surface area contributed by atoms with Crippen LogP contribution in [0.3, 0.4) is 0 Å². The summed E-state index contributed by atoms with van der Waals surface area (Å²) in [5.41, 5.74) is 0.751. The predicted molar refractivity (Wildman–Crippen MR) is 93.9 cm³/mol. The lowest BCUT2D eigenvalue weighted by Gasteiger charge is -2.34. The quantitative estimate of drug-likeness (QED) is 0.828. The van der Waals surface area contributed by atoms with E-state index in [2.05, 4.69) is 15.7 Å². The maximum absolute atomic E-state index is 13.7. The number of anilines is 1. The summed E-state index contributed by atoms with van der Waals surface area (Å²) in [4.78, 5) is 12.3. The van der Waals surface area contributed by atoms with Crippen LogP contribution in [-0.2, 0) is 0 Å². The molecule has 6 nitrogen and oxygen atoms in total. The number of methoxy groups -OCH3 is 1. The molecule has 1 aromatic heterocycles. The summed E-state index contributed by atoms with van der Waals surface area (Å²) in [5, 5.41) is 9.58. The number of aromatic nitrogens is 2. The number of ether oxygens (including phenoxy) is 1. The van der Waals surface area contributed by atoms with Crippen molar-refractivity contribution in [3.63, 3.8) is 0 Å². The van der Waals surface area contributed by atoms with Gasteiger partial charge in [0, 0.05) is 13.0 Å². The summed E-state index contributed by atoms with van der Waals surface area (Å²) in [7, 11) is 1.50. The number of benzene rings is 1. The highest BCUT2D eigenvalue weighted by molar-refractivity contribution is 5.98. The minimum atomic E-state index is -4.49. The number of hydrogen-bond donors (Lipinski definition) is 2. The SMILES string of the molecule is CCCNC(=O)c1cnn2c1N[C@H](c1cccc(OC)c1)C[C@H]2C(F)(F)F. The van der Waals surface area contributed by atoms with Gasteiger partial charge in [0.1, 0.15) is 17.1 Å². The second-order valence-electron chi connectivity index (χ2n) is 6.37. The van der Waals surface area contributed by atoms with Crippen molar-refractivity contribution < 1.29 is 22.7 Å². The summed E-state index contributed by atoms with van der Waals surface area (Å²) in [6.07, 6.45) is -2.82. The Morgan fingerprint density at radius 3 is 2.89 bits per heavy atom. The molecule has 146 valence electrons. The first-order valence-corrected chi connectivity index (χ1v) is 8.68. The summed E-state index contributed by atoms with van der Waals surface area (Å²) < 4.78 is 47.0. The maximum Gasteiger partial charge on any atom is 0.410 e. The van der Waals surface area contributed by atoms with Crippen molar-refractivity contribution >= 4 is 11.7 Å². The number of nitrogens with zero attached hydrogens (tertiary/aromatic N) is 2. The molecule has 1 aliphatic rings. The summed E-state index contributed by atoms with van der Waals surface area (Å²) in [6.45, 7) is 2.33. The van der Waals surface area contributed by atoms with Gasteiger partial charge in [0.05, 0.1) is 19.3 Å². The zero-order valence-electron chi connectivity index (χ0n) is 15.0. The highest BCUT2D eigenvalue weighted by atomic mass is 19.4. The molecule has 2 atom stereocenters. The van der Waals surface area contributed by atoms with Gasteiger partial charge in [-0.05, 0) is 24.1 Å². The summed E-state index contributed by atoms with van der Waals surface area (Å²) in [6, 6.07) is 4.41. The van der Waals surface area contributed by atoms with E-state index in [1.807, 2.05) is 6.92 Å². The van der Waals surface area contributed by atoms with Crippen LogP contribution in [0.5, 0.6) is 5.75 Å². The molecule has 1 aliphatic heterocycles. The number of carbonyl (C=O) groups excluding carboxylic acids is 1. The van der Waals surface area contributed by atoms with Crippen LogP contribution < -0.4 is 15.4 Å². The smallest absolute Gasteiger partial charge is 0.410 e. The lowest BCUT2D eigenvalue weighted by atomic mass is 9.96. The molecule has 0 aliphatic carbocycles. The summed E-state index contributed by atoms with van der Waals surface area (Å²) >= 11 is 0. The molecular weight excluding hydrogens is 361 g/mol. The Morgan fingerprint density at radius 1 is 1.44 bits per heavy atom. The van der Waals surface area contributed by atoms with Crippen LogP contribution in [0, 0.1) is 0 Å². The van der Waals surface area contributed by atoms with Crippen LogP contribution in [-0.4, -0.2) is 35.5 Å². The number of halogens is 3. The number of carbonyl (C=O) groups is 1. The van der Waals surface area contributed by atoms with E-state index in [4.69, 9.17) is 4.74 Å². The second kappa shape index (κ2) is 7.50. The molecular formula is C18H21F3N4O2. The zero-order valence-corrected chi connectivity index (χ0v) is 15.0. The standard InChI is InChI=1S/C18H21F3N4O2/c1-3-7-22-17(26)13-10-23-25-15(18(19,20)21)9-14(24-16(13)25)11-5-4-6-12(8-11)27-2/h4-6,8,10,14-15,24H,3,7,9H2,1-2H3,(H,22,26)/t14-,15-/m0/s1. The van der Waals surface area contributed by atoms with Crippen LogP contribution in [0.25, 0.3) is 0 Å². The monoisotopic (exact) mass is 382 g/mol. The van der Waals surface area contributed by atoms with Gasteiger partial charge in [-0.3, -0.25) is 4.79 Å². The Kier molecular flexibility index (Phi) is 5.29. The minimum Gasteiger partial charge on any atom is -0.497 e. The number of rotatable bonds is 5. The normalized spacial score (nSPS) is 19.1. The molecule has 3 rings (SSSR count). The van der Waals surface area contributed by atoms with Crippen LogP contribution >= 0.6 is 0 Å². The average molecular weight is 382 g/mol. The van der Waals surface area contributed by atoms with E-state index in [-0.39, 0.29) is 17.8 Å². The Hall–Kier alpha value is -2.71. The Morgan fingerprint density at radius 2 is 2.22 bits per heavy atom. The molecule has 2 N–H and O–H groups in total. The third-order valence-corrected chi connectivity index (χ3v) is 4.51. The van der Waals surface area contributed by atoms with Gasteiger partial charge in [-0.25, -0.2) is 4.68 Å². The minimum absolute atomic E-state index is 0.0741. The number of hydrogen-bond acceptors (Lipinski definition) is 4. The first-order valence-electron chi connectivity index (χ1n) is 8.68. The van der Waals surface area contributed by atoms with Crippen molar-refractivity contribution in [1.82, 2.24) is 15.1 Å². The van der Waals surface area contributed by atoms with Gasteiger partial charge < -0.3 is 15.4 Å². The van der Waals surface area contributed by atoms with E-state index >= 15 is 0 Å². The Balaban J connectivity index is 1.99. The molecule has 0 fully saturated rings. The van der Waals surface area contributed by atoms with Crippen molar-refractivity contribution in [1.29, 1.82) is 0 Å². The number of fused-ring (bicyclic) bond motifs is 1. The van der Waals surface area contributed by atoms with Crippen molar-refractivity contribution in [3.8, 4) is 5.75 Å². The second-order valence-corrected chi connectivity index (χ2v) is 6.37. The molecule has 0 spiro atoms. The first kappa shape index (κ1) is 19.1. The van der Waals surface area contributed by atoms with Gasteiger partial charge >= 0.3 is 6.18 Å². The lowest BCUT2D eigenvalue weighted by Crippen LogP contribution is -2.36. The molecule has 0 radical (unpaired) electrons. The van der Waals surface area contributed by atoms with E-state index in [1.165, 1.54) is 13.3 Å². The molecule has 0 bridgehead atoms. The van der Waals surface area contributed by atoms with E-state index in [0.717, 1.165) is 11.1 Å². The molecule has 2 aromatic rings. The van der Waals surface area contributed by atoms with Gasteiger partial charge in [0.25, 0.3) is 5.91 Å². The van der Waals surface area contributed by atoms with Gasteiger partial charge in [-0.15, -0.1) is 0 Å². The molecule has 9 heteroatoms. The molecule has 2 heterocycles. The highest BCUT2D eigenvalue weighted by Crippen LogP contribution is 2.44. The van der Waals surface area contributed by atoms with Crippen LogP contribution in [0.15, 0.2) is 30.5 Å². The van der Waals surface area contributed by atoms with Crippen molar-refractivity contribution in [2.75, 3.05) is 19.0 Å². The molecule has 0 saturated heterocycles. The molecule has 1 aromatic carbocycles. The van der Waals surface area contributed by atoms with Crippen molar-refractivity contribution in [2.24, 2.45) is 0 Å². The highest BCUT2D eigenvalue weighted by Gasteiger charge is 2.47. The van der Waals surface area contributed by atoms with Gasteiger partial charge in [-0.2, -0.15) is 18.3 Å². The Labute approximate surface area is 154 Å². The number of amides is 1. The fourth-order valence-electron chi connectivity index (χ4n) is 3.14. The molecule has 0 saturated carbocycles. The number of nitrogens with one attached hydrogen (secondary N) is 2. The van der Waals surface area contributed by atoms with Crippen LogP contribution in [0.2, 0.25) is 0 Å². The average Bonchev–Trinajstić information content (AvgIpc) is 3.08. The zero-order chi connectivity index (χ0) is 19.6. The first-order chi connectivity index (χ1) is 12.8. The van der Waals surface area contributed by atoms with E-state index in [1.54, 1.807) is 24.3 Å². The fourth-order valence-corrected chi connectivity index (χ4v) is 3.14. The Bertz CT molecular complexity index is 819. The van der Waals surface area contributed by atoms with Crippen molar-refractivity contribution in [2.45, 2.75) is 38.0 Å². The molecule has 0 unspecified atom stereocenters. The predicted octanol–water partition coefficient (Wildman–Crippen LogP) is 3.69. The van der Waals surface area contributed by atoms with Gasteiger partial charge in [0.2, 0.25) is 0 Å². The van der Waals surface area contributed by atoms with Crippen LogP contribution in [0.4, 0.5) is 19.0 Å². The maximum atomic E-state index is 13.7. The fraction of sp³-hybridized carbons (Fsp3) is 0.444. The summed E-state index contributed by atoms with van der Waals surface area (Å²) in [5.74, 6) is 0.181. The van der Waals surface area contributed by atoms with E-state index < -0.39 is 24.2 Å². The van der Waals surface area contributed by atoms with Gasteiger partial charge in [0.15, 0.2) is 6.04 Å². The number of alkyl halides is 3.